The summed E-state index contributed by atoms with van der Waals surface area (Å²) in [5.74, 6) is 0. The average Bonchev–Trinajstić information content (AvgIpc) is 2.93. The lowest BCUT2D eigenvalue weighted by molar-refractivity contribution is 0.255. The van der Waals surface area contributed by atoms with Gasteiger partial charge in [-0.2, -0.15) is 0 Å². The maximum atomic E-state index is 2.82. The van der Waals surface area contributed by atoms with Crippen LogP contribution in [0.1, 0.15) is 220 Å². The molecular weight excluding hydrogens is 458 g/mol. The van der Waals surface area contributed by atoms with Crippen LogP contribution < -0.4 is 0 Å². The zero-order chi connectivity index (χ0) is 27.6. The maximum absolute atomic E-state index is 2.82. The predicted molar refractivity (Wildman–Crippen MR) is 177 cm³/mol. The van der Waals surface area contributed by atoms with Crippen molar-refractivity contribution in [3.8, 4) is 0 Å². The summed E-state index contributed by atoms with van der Waals surface area (Å²) < 4.78 is 0. The van der Waals surface area contributed by atoms with E-state index in [2.05, 4.69) is 25.7 Å². The third kappa shape index (κ3) is 32.2. The molecule has 0 bridgehead atoms. The first kappa shape index (κ1) is 38.0. The Hall–Kier alpha value is -0.0400. The lowest BCUT2D eigenvalue weighted by atomic mass is 10.0. The Bertz CT molecular complexity index is 360. The van der Waals surface area contributed by atoms with Crippen molar-refractivity contribution in [3.63, 3.8) is 0 Å². The number of nitrogens with zero attached hydrogens (tertiary/aromatic N) is 1. The van der Waals surface area contributed by atoms with Crippen molar-refractivity contribution in [2.75, 3.05) is 19.6 Å². The molecule has 0 saturated heterocycles. The van der Waals surface area contributed by atoms with E-state index in [-0.39, 0.29) is 0 Å². The summed E-state index contributed by atoms with van der Waals surface area (Å²) in [6.45, 7) is 11.0. The van der Waals surface area contributed by atoms with Crippen molar-refractivity contribution in [2.24, 2.45) is 0 Å². The maximum Gasteiger partial charge on any atom is -0.00187 e. The number of unbranched alkanes of at least 4 members (excludes halogenated alkanes) is 28. The SMILES string of the molecule is CCCCCCCCCCCCCCCCN(CCCCC)CCCCCCCCCCCCCCCC. The molecule has 0 aliphatic heterocycles. The van der Waals surface area contributed by atoms with Crippen LogP contribution in [0.5, 0.6) is 0 Å². The quantitative estimate of drug-likeness (QED) is 0.0740. The van der Waals surface area contributed by atoms with E-state index < -0.39 is 0 Å². The van der Waals surface area contributed by atoms with Gasteiger partial charge in [0.25, 0.3) is 0 Å². The molecule has 0 N–H and O–H groups in total. The van der Waals surface area contributed by atoms with Gasteiger partial charge >= 0.3 is 0 Å². The van der Waals surface area contributed by atoms with Crippen molar-refractivity contribution < 1.29 is 0 Å². The van der Waals surface area contributed by atoms with Gasteiger partial charge in [0.1, 0.15) is 0 Å². The number of rotatable bonds is 34. The Morgan fingerprint density at radius 1 is 0.211 bits per heavy atom. The molecule has 0 saturated carbocycles. The van der Waals surface area contributed by atoms with Crippen molar-refractivity contribution in [1.82, 2.24) is 4.90 Å². The lowest BCUT2D eigenvalue weighted by Crippen LogP contribution is -2.27. The molecule has 38 heavy (non-hydrogen) atoms. The van der Waals surface area contributed by atoms with Gasteiger partial charge in [-0.1, -0.05) is 201 Å². The van der Waals surface area contributed by atoms with Crippen LogP contribution in [0, 0.1) is 0 Å². The second-order valence-corrected chi connectivity index (χ2v) is 12.7. The van der Waals surface area contributed by atoms with Gasteiger partial charge in [-0.15, -0.1) is 0 Å². The molecule has 0 rings (SSSR count). The summed E-state index contributed by atoms with van der Waals surface area (Å²) >= 11 is 0. The molecule has 0 radical (unpaired) electrons. The Labute approximate surface area is 244 Å². The fourth-order valence-corrected chi connectivity index (χ4v) is 5.98. The van der Waals surface area contributed by atoms with Gasteiger partial charge in [-0.05, 0) is 38.9 Å². The van der Waals surface area contributed by atoms with Crippen LogP contribution in [-0.4, -0.2) is 24.5 Å². The van der Waals surface area contributed by atoms with Gasteiger partial charge < -0.3 is 4.90 Å². The molecule has 0 spiro atoms. The van der Waals surface area contributed by atoms with Crippen LogP contribution in [0.3, 0.4) is 0 Å². The predicted octanol–water partition coefficient (Wildman–Crippen LogP) is 13.4. The molecule has 1 heteroatoms. The smallest absolute Gasteiger partial charge is 0.00187 e. The second-order valence-electron chi connectivity index (χ2n) is 12.7. The van der Waals surface area contributed by atoms with E-state index >= 15 is 0 Å². The van der Waals surface area contributed by atoms with Gasteiger partial charge in [0.2, 0.25) is 0 Å². The van der Waals surface area contributed by atoms with E-state index in [1.54, 1.807) is 0 Å². The third-order valence-electron chi connectivity index (χ3n) is 8.73. The zero-order valence-electron chi connectivity index (χ0n) is 27.5. The summed E-state index contributed by atoms with van der Waals surface area (Å²) in [4.78, 5) is 2.82. The lowest BCUT2D eigenvalue weighted by Gasteiger charge is -2.22. The minimum Gasteiger partial charge on any atom is -0.303 e. The molecule has 1 nitrogen and oxygen atoms in total. The number of hydrogen-bond acceptors (Lipinski definition) is 1. The van der Waals surface area contributed by atoms with Crippen LogP contribution in [0.4, 0.5) is 0 Å². The summed E-state index contributed by atoms with van der Waals surface area (Å²) in [5.41, 5.74) is 0. The number of hydrogen-bond donors (Lipinski definition) is 0. The van der Waals surface area contributed by atoms with Crippen molar-refractivity contribution in [1.29, 1.82) is 0 Å². The van der Waals surface area contributed by atoms with Gasteiger partial charge in [0, 0.05) is 0 Å². The van der Waals surface area contributed by atoms with Crippen LogP contribution in [0.2, 0.25) is 0 Å². The normalized spacial score (nSPS) is 11.7. The molecule has 0 aromatic heterocycles. The van der Waals surface area contributed by atoms with E-state index in [4.69, 9.17) is 0 Å². The first-order valence-corrected chi connectivity index (χ1v) is 18.6. The van der Waals surface area contributed by atoms with Gasteiger partial charge in [0.05, 0.1) is 0 Å². The molecule has 0 unspecified atom stereocenters. The molecule has 0 fully saturated rings. The zero-order valence-corrected chi connectivity index (χ0v) is 27.5. The third-order valence-corrected chi connectivity index (χ3v) is 8.73. The van der Waals surface area contributed by atoms with Gasteiger partial charge in [-0.25, -0.2) is 0 Å². The van der Waals surface area contributed by atoms with Crippen molar-refractivity contribution in [2.45, 2.75) is 220 Å². The fraction of sp³-hybridized carbons (Fsp3) is 1.00. The first-order valence-electron chi connectivity index (χ1n) is 18.6. The highest BCUT2D eigenvalue weighted by Crippen LogP contribution is 2.15. The van der Waals surface area contributed by atoms with E-state index in [1.807, 2.05) is 0 Å². The molecule has 0 amide bonds. The van der Waals surface area contributed by atoms with Crippen molar-refractivity contribution >= 4 is 0 Å². The summed E-state index contributed by atoms with van der Waals surface area (Å²) in [7, 11) is 0. The summed E-state index contributed by atoms with van der Waals surface area (Å²) in [6.07, 6.45) is 45.1. The van der Waals surface area contributed by atoms with Gasteiger partial charge in [-0.3, -0.25) is 0 Å². The molecular formula is C37H77N. The van der Waals surface area contributed by atoms with E-state index in [9.17, 15) is 0 Å². The topological polar surface area (TPSA) is 3.24 Å². The van der Waals surface area contributed by atoms with Crippen LogP contribution in [0.15, 0.2) is 0 Å². The second kappa shape index (κ2) is 35.0. The molecule has 0 aliphatic carbocycles. The monoisotopic (exact) mass is 536 g/mol. The Balaban J connectivity index is 3.55. The molecule has 230 valence electrons. The highest BCUT2D eigenvalue weighted by Gasteiger charge is 2.05. The Morgan fingerprint density at radius 2 is 0.368 bits per heavy atom. The van der Waals surface area contributed by atoms with E-state index in [0.29, 0.717) is 0 Å². The minimum absolute atomic E-state index is 1.35. The van der Waals surface area contributed by atoms with Gasteiger partial charge in [0.15, 0.2) is 0 Å². The molecule has 0 heterocycles. The molecule has 0 aliphatic rings. The summed E-state index contributed by atoms with van der Waals surface area (Å²) in [5, 5.41) is 0. The highest BCUT2D eigenvalue weighted by atomic mass is 15.1. The van der Waals surface area contributed by atoms with Crippen LogP contribution in [-0.2, 0) is 0 Å². The highest BCUT2D eigenvalue weighted by molar-refractivity contribution is 4.60. The molecule has 0 aromatic rings. The largest absolute Gasteiger partial charge is 0.303 e. The van der Waals surface area contributed by atoms with Crippen LogP contribution in [0.25, 0.3) is 0 Å². The van der Waals surface area contributed by atoms with Crippen LogP contribution >= 0.6 is 0 Å². The minimum atomic E-state index is 1.35. The fourth-order valence-electron chi connectivity index (χ4n) is 5.98. The first-order chi connectivity index (χ1) is 18.8. The Morgan fingerprint density at radius 3 is 0.605 bits per heavy atom. The summed E-state index contributed by atoms with van der Waals surface area (Å²) in [6, 6.07) is 0. The van der Waals surface area contributed by atoms with E-state index in [1.165, 1.54) is 219 Å². The molecule has 0 atom stereocenters. The molecule has 0 aromatic carbocycles. The van der Waals surface area contributed by atoms with E-state index in [0.717, 1.165) is 0 Å². The standard InChI is InChI=1S/C37H77N/c1-4-7-10-12-14-16-18-20-22-24-26-28-30-33-36-38(35-32-9-6-3)37-34-31-29-27-25-23-21-19-17-15-13-11-8-5-2/h4-37H2,1-3H3. The van der Waals surface area contributed by atoms with Crippen molar-refractivity contribution in [3.05, 3.63) is 0 Å². The average molecular weight is 536 g/mol. The Kier molecular flexibility index (Phi) is 35.0.